The van der Waals surface area contributed by atoms with Gasteiger partial charge in [0, 0.05) is 8.95 Å². The lowest BCUT2D eigenvalue weighted by Gasteiger charge is -2.37. The fraction of sp³-hybridized carbons (Fsp3) is 0.316. The topological polar surface area (TPSA) is 40.5 Å². The van der Waals surface area contributed by atoms with Gasteiger partial charge in [-0.2, -0.15) is 0 Å². The molecule has 3 rings (SSSR count). The second-order valence-electron chi connectivity index (χ2n) is 6.16. The van der Waals surface area contributed by atoms with Gasteiger partial charge in [-0.15, -0.1) is 0 Å². The van der Waals surface area contributed by atoms with E-state index in [2.05, 4.69) is 73.2 Å². The van der Waals surface area contributed by atoms with Gasteiger partial charge in [0.1, 0.15) is 0 Å². The lowest BCUT2D eigenvalue weighted by molar-refractivity contribution is -0.143. The molecule has 2 aromatic carbocycles. The molecule has 3 nitrogen and oxygen atoms in total. The number of hydrogen-bond acceptors (Lipinski definition) is 2. The zero-order valence-electron chi connectivity index (χ0n) is 13.2. The Labute approximate surface area is 158 Å². The van der Waals surface area contributed by atoms with E-state index >= 15 is 0 Å². The van der Waals surface area contributed by atoms with Crippen LogP contribution in [0.15, 0.2) is 57.5 Å². The monoisotopic (exact) mass is 451 g/mol. The van der Waals surface area contributed by atoms with E-state index in [1.165, 1.54) is 11.1 Å². The highest BCUT2D eigenvalue weighted by molar-refractivity contribution is 9.10. The standard InChI is InChI=1S/C19H19Br2NO2/c20-16-5-1-3-14(11-16)18(15-4-2-6-17(21)12-15)22-9-7-13(8-10-22)19(23)24/h1-6,11-13,18H,7-10H2,(H,23,24). The molecular formula is C19H19Br2NO2. The zero-order chi connectivity index (χ0) is 17.1. The van der Waals surface area contributed by atoms with E-state index in [0.29, 0.717) is 12.8 Å². The molecule has 0 spiro atoms. The summed E-state index contributed by atoms with van der Waals surface area (Å²) in [7, 11) is 0. The van der Waals surface area contributed by atoms with Gasteiger partial charge in [-0.1, -0.05) is 56.1 Å². The maximum absolute atomic E-state index is 11.2. The van der Waals surface area contributed by atoms with Gasteiger partial charge in [0.15, 0.2) is 0 Å². The largest absolute Gasteiger partial charge is 0.481 e. The van der Waals surface area contributed by atoms with E-state index in [0.717, 1.165) is 22.0 Å². The molecule has 0 amide bonds. The molecule has 2 aromatic rings. The fourth-order valence-corrected chi connectivity index (χ4v) is 4.21. The first-order valence-corrected chi connectivity index (χ1v) is 9.61. The number of aliphatic carboxylic acids is 1. The molecule has 1 N–H and O–H groups in total. The van der Waals surface area contributed by atoms with Crippen molar-refractivity contribution in [3.63, 3.8) is 0 Å². The minimum atomic E-state index is -0.670. The Morgan fingerprint density at radius 2 is 1.50 bits per heavy atom. The van der Waals surface area contributed by atoms with E-state index in [4.69, 9.17) is 0 Å². The van der Waals surface area contributed by atoms with Crippen molar-refractivity contribution in [2.75, 3.05) is 13.1 Å². The number of halogens is 2. The van der Waals surface area contributed by atoms with Gasteiger partial charge in [-0.25, -0.2) is 0 Å². The normalized spacial score (nSPS) is 16.5. The molecule has 0 atom stereocenters. The molecule has 0 aliphatic carbocycles. The maximum atomic E-state index is 11.2. The van der Waals surface area contributed by atoms with Crippen LogP contribution >= 0.6 is 31.9 Å². The molecule has 0 bridgehead atoms. The van der Waals surface area contributed by atoms with Crippen molar-refractivity contribution < 1.29 is 9.90 Å². The Bertz CT molecular complexity index is 681. The molecule has 1 heterocycles. The molecule has 0 aromatic heterocycles. The van der Waals surface area contributed by atoms with Crippen LogP contribution in [0.5, 0.6) is 0 Å². The summed E-state index contributed by atoms with van der Waals surface area (Å²) in [6, 6.07) is 16.9. The van der Waals surface area contributed by atoms with Crippen LogP contribution in [-0.4, -0.2) is 29.1 Å². The number of carboxylic acid groups (broad SMARTS) is 1. The Morgan fingerprint density at radius 3 is 1.92 bits per heavy atom. The van der Waals surface area contributed by atoms with Crippen molar-refractivity contribution in [3.8, 4) is 0 Å². The van der Waals surface area contributed by atoms with E-state index in [-0.39, 0.29) is 12.0 Å². The highest BCUT2D eigenvalue weighted by Crippen LogP contribution is 2.34. The average Bonchev–Trinajstić information content (AvgIpc) is 2.56. The third kappa shape index (κ3) is 4.08. The van der Waals surface area contributed by atoms with Crippen molar-refractivity contribution >= 4 is 37.8 Å². The second-order valence-corrected chi connectivity index (χ2v) is 7.99. The number of rotatable bonds is 4. The SMILES string of the molecule is O=C(O)C1CCN(C(c2cccc(Br)c2)c2cccc(Br)c2)CC1. The number of carbonyl (C=O) groups is 1. The van der Waals surface area contributed by atoms with Gasteiger partial charge in [-0.05, 0) is 61.3 Å². The molecule has 0 radical (unpaired) electrons. The number of likely N-dealkylation sites (tertiary alicyclic amines) is 1. The van der Waals surface area contributed by atoms with E-state index < -0.39 is 5.97 Å². The Kier molecular flexibility index (Phi) is 5.74. The van der Waals surface area contributed by atoms with Crippen molar-refractivity contribution in [2.24, 2.45) is 5.92 Å². The predicted molar refractivity (Wildman–Crippen MR) is 102 cm³/mol. The Morgan fingerprint density at radius 1 is 1.00 bits per heavy atom. The molecule has 1 fully saturated rings. The van der Waals surface area contributed by atoms with Crippen LogP contribution < -0.4 is 0 Å². The molecule has 1 saturated heterocycles. The smallest absolute Gasteiger partial charge is 0.306 e. The molecule has 0 saturated carbocycles. The number of hydrogen-bond donors (Lipinski definition) is 1. The number of benzene rings is 2. The molecule has 0 unspecified atom stereocenters. The van der Waals surface area contributed by atoms with Gasteiger partial charge in [0.2, 0.25) is 0 Å². The molecular weight excluding hydrogens is 434 g/mol. The van der Waals surface area contributed by atoms with E-state index in [9.17, 15) is 9.90 Å². The van der Waals surface area contributed by atoms with Crippen LogP contribution in [-0.2, 0) is 4.79 Å². The first kappa shape index (κ1) is 17.6. The number of nitrogens with zero attached hydrogens (tertiary/aromatic N) is 1. The molecule has 1 aliphatic heterocycles. The number of piperidine rings is 1. The Balaban J connectivity index is 1.93. The maximum Gasteiger partial charge on any atom is 0.306 e. The quantitative estimate of drug-likeness (QED) is 0.701. The lowest BCUT2D eigenvalue weighted by Crippen LogP contribution is -2.39. The third-order valence-corrected chi connectivity index (χ3v) is 5.56. The fourth-order valence-electron chi connectivity index (χ4n) is 3.37. The summed E-state index contributed by atoms with van der Waals surface area (Å²) in [6.07, 6.45) is 1.40. The van der Waals surface area contributed by atoms with Crippen LogP contribution in [0.25, 0.3) is 0 Å². The van der Waals surface area contributed by atoms with Gasteiger partial charge in [0.25, 0.3) is 0 Å². The molecule has 126 valence electrons. The summed E-state index contributed by atoms with van der Waals surface area (Å²) in [4.78, 5) is 13.6. The van der Waals surface area contributed by atoms with Crippen molar-refractivity contribution in [2.45, 2.75) is 18.9 Å². The van der Waals surface area contributed by atoms with Crippen molar-refractivity contribution in [1.82, 2.24) is 4.90 Å². The van der Waals surface area contributed by atoms with Gasteiger partial charge in [0.05, 0.1) is 12.0 Å². The number of carboxylic acids is 1. The van der Waals surface area contributed by atoms with Crippen LogP contribution in [0.3, 0.4) is 0 Å². The van der Waals surface area contributed by atoms with Gasteiger partial charge in [-0.3, -0.25) is 9.69 Å². The molecule has 1 aliphatic rings. The minimum absolute atomic E-state index is 0.134. The second kappa shape index (κ2) is 7.81. The summed E-state index contributed by atoms with van der Waals surface area (Å²) < 4.78 is 2.11. The third-order valence-electron chi connectivity index (χ3n) is 4.57. The first-order chi connectivity index (χ1) is 11.5. The predicted octanol–water partition coefficient (Wildman–Crippen LogP) is 5.10. The van der Waals surface area contributed by atoms with Crippen LogP contribution in [0.2, 0.25) is 0 Å². The minimum Gasteiger partial charge on any atom is -0.481 e. The van der Waals surface area contributed by atoms with Gasteiger partial charge < -0.3 is 5.11 Å². The summed E-state index contributed by atoms with van der Waals surface area (Å²) in [5.41, 5.74) is 2.44. The van der Waals surface area contributed by atoms with E-state index in [1.54, 1.807) is 0 Å². The summed E-state index contributed by atoms with van der Waals surface area (Å²) in [5, 5.41) is 9.24. The van der Waals surface area contributed by atoms with E-state index in [1.807, 2.05) is 12.1 Å². The van der Waals surface area contributed by atoms with Crippen LogP contribution in [0, 0.1) is 5.92 Å². The van der Waals surface area contributed by atoms with Gasteiger partial charge >= 0.3 is 5.97 Å². The molecule has 5 heteroatoms. The van der Waals surface area contributed by atoms with Crippen LogP contribution in [0.4, 0.5) is 0 Å². The first-order valence-electron chi connectivity index (χ1n) is 8.02. The summed E-state index contributed by atoms with van der Waals surface area (Å²) in [6.45, 7) is 1.58. The molecule has 24 heavy (non-hydrogen) atoms. The summed E-state index contributed by atoms with van der Waals surface area (Å²) in [5.74, 6) is -0.886. The lowest BCUT2D eigenvalue weighted by atomic mass is 9.91. The summed E-state index contributed by atoms with van der Waals surface area (Å²) >= 11 is 7.13. The van der Waals surface area contributed by atoms with Crippen LogP contribution in [0.1, 0.15) is 30.0 Å². The highest BCUT2D eigenvalue weighted by Gasteiger charge is 2.30. The zero-order valence-corrected chi connectivity index (χ0v) is 16.3. The highest BCUT2D eigenvalue weighted by atomic mass is 79.9. The van der Waals surface area contributed by atoms with Crippen molar-refractivity contribution in [3.05, 3.63) is 68.6 Å². The Hall–Kier alpha value is -1.17. The average molecular weight is 453 g/mol. The van der Waals surface area contributed by atoms with Crippen molar-refractivity contribution in [1.29, 1.82) is 0 Å².